The van der Waals surface area contributed by atoms with Crippen molar-refractivity contribution in [2.45, 2.75) is 13.8 Å². The van der Waals surface area contributed by atoms with E-state index in [1.165, 1.54) is 4.88 Å². The highest BCUT2D eigenvalue weighted by Gasteiger charge is 2.26. The van der Waals surface area contributed by atoms with Crippen LogP contribution in [0.1, 0.15) is 17.4 Å². The van der Waals surface area contributed by atoms with Crippen molar-refractivity contribution in [3.8, 4) is 0 Å². The molecule has 1 amide bonds. The van der Waals surface area contributed by atoms with Crippen LogP contribution in [-0.4, -0.2) is 47.7 Å². The van der Waals surface area contributed by atoms with Gasteiger partial charge in [-0.15, -0.1) is 23.7 Å². The second-order valence-corrected chi connectivity index (χ2v) is 7.43. The summed E-state index contributed by atoms with van der Waals surface area (Å²) >= 11 is 1.76. The number of rotatable bonds is 0. The van der Waals surface area contributed by atoms with Gasteiger partial charge in [0, 0.05) is 38.0 Å². The average Bonchev–Trinajstić information content (AvgIpc) is 2.86. The molecule has 0 unspecified atom stereocenters. The van der Waals surface area contributed by atoms with Crippen molar-refractivity contribution in [3.63, 3.8) is 0 Å². The maximum absolute atomic E-state index is 11.6. The summed E-state index contributed by atoms with van der Waals surface area (Å²) in [6.45, 7) is 6.89. The third kappa shape index (κ3) is 3.37. The molecular weight excluding hydrogens is 356 g/mol. The van der Waals surface area contributed by atoms with E-state index >= 15 is 0 Å². The van der Waals surface area contributed by atoms with Crippen molar-refractivity contribution in [2.75, 3.05) is 31.5 Å². The molecule has 1 fully saturated rings. The van der Waals surface area contributed by atoms with Gasteiger partial charge in [-0.05, 0) is 25.1 Å². The van der Waals surface area contributed by atoms with Gasteiger partial charge >= 0.3 is 0 Å². The van der Waals surface area contributed by atoms with Gasteiger partial charge in [-0.25, -0.2) is 4.99 Å². The molecule has 7 heteroatoms. The van der Waals surface area contributed by atoms with Crippen LogP contribution >= 0.6 is 23.7 Å². The van der Waals surface area contributed by atoms with Gasteiger partial charge in [0.05, 0.1) is 16.9 Å². The Hall–Kier alpha value is -2.05. The number of piperazine rings is 1. The highest BCUT2D eigenvalue weighted by atomic mass is 35.5. The molecule has 0 aliphatic carbocycles. The van der Waals surface area contributed by atoms with Gasteiger partial charge < -0.3 is 15.1 Å². The van der Waals surface area contributed by atoms with E-state index in [1.54, 1.807) is 18.3 Å². The minimum absolute atomic E-state index is 0. The van der Waals surface area contributed by atoms with Crippen LogP contribution in [-0.2, 0) is 4.79 Å². The van der Waals surface area contributed by atoms with E-state index in [9.17, 15) is 4.79 Å². The molecule has 25 heavy (non-hydrogen) atoms. The lowest BCUT2D eigenvalue weighted by molar-refractivity contribution is -0.130. The number of halogens is 1. The molecule has 132 valence electrons. The first-order valence-corrected chi connectivity index (χ1v) is 8.99. The summed E-state index contributed by atoms with van der Waals surface area (Å²) in [6.07, 6.45) is 0. The average molecular weight is 377 g/mol. The number of para-hydroxylation sites is 2. The van der Waals surface area contributed by atoms with Crippen LogP contribution in [0.2, 0.25) is 0 Å². The van der Waals surface area contributed by atoms with E-state index in [2.05, 4.69) is 29.3 Å². The number of hydrogen-bond donors (Lipinski definition) is 1. The standard InChI is InChI=1S/C18H20N4OS.ClH/c1-12-11-14-17(22-9-7-21(8-10-22)13(2)23)19-15-5-3-4-6-16(15)20-18(14)24-12;/h3-6,11,20H,7-10H2,1-2H3;1H. The highest BCUT2D eigenvalue weighted by molar-refractivity contribution is 7.16. The zero-order valence-corrected chi connectivity index (χ0v) is 15.9. The molecule has 3 heterocycles. The second-order valence-electron chi connectivity index (χ2n) is 6.17. The number of thiophene rings is 1. The first-order chi connectivity index (χ1) is 11.6. The van der Waals surface area contributed by atoms with Gasteiger partial charge in [0.2, 0.25) is 5.91 Å². The predicted molar refractivity (Wildman–Crippen MR) is 106 cm³/mol. The van der Waals surface area contributed by atoms with Gasteiger partial charge in [-0.1, -0.05) is 12.1 Å². The number of nitrogens with zero attached hydrogens (tertiary/aromatic N) is 3. The number of anilines is 2. The van der Waals surface area contributed by atoms with Gasteiger partial charge in [0.15, 0.2) is 0 Å². The lowest BCUT2D eigenvalue weighted by Gasteiger charge is -2.36. The summed E-state index contributed by atoms with van der Waals surface area (Å²) < 4.78 is 0. The molecule has 0 spiro atoms. The van der Waals surface area contributed by atoms with Crippen molar-refractivity contribution in [3.05, 3.63) is 40.8 Å². The molecule has 1 saturated heterocycles. The predicted octanol–water partition coefficient (Wildman–Crippen LogP) is 3.78. The number of hydrogen-bond acceptors (Lipinski definition) is 5. The van der Waals surface area contributed by atoms with E-state index in [1.807, 2.05) is 23.1 Å². The topological polar surface area (TPSA) is 47.9 Å². The highest BCUT2D eigenvalue weighted by Crippen LogP contribution is 2.39. The number of carbonyl (C=O) groups is 1. The summed E-state index contributed by atoms with van der Waals surface area (Å²) in [7, 11) is 0. The van der Waals surface area contributed by atoms with Gasteiger partial charge in [-0.3, -0.25) is 4.79 Å². The smallest absolute Gasteiger partial charge is 0.219 e. The van der Waals surface area contributed by atoms with E-state index < -0.39 is 0 Å². The molecular formula is C18H21ClN4OS. The molecule has 4 rings (SSSR count). The van der Waals surface area contributed by atoms with Crippen molar-refractivity contribution >= 4 is 51.9 Å². The molecule has 2 aromatic rings. The van der Waals surface area contributed by atoms with Crippen molar-refractivity contribution < 1.29 is 4.79 Å². The van der Waals surface area contributed by atoms with E-state index in [0.717, 1.165) is 54.0 Å². The van der Waals surface area contributed by atoms with Crippen molar-refractivity contribution in [2.24, 2.45) is 4.99 Å². The molecule has 0 saturated carbocycles. The summed E-state index contributed by atoms with van der Waals surface area (Å²) in [5, 5.41) is 4.68. The Morgan fingerprint density at radius 3 is 2.64 bits per heavy atom. The Morgan fingerprint density at radius 2 is 1.92 bits per heavy atom. The maximum atomic E-state index is 11.6. The first-order valence-electron chi connectivity index (χ1n) is 8.18. The van der Waals surface area contributed by atoms with E-state index in [0.29, 0.717) is 0 Å². The molecule has 0 radical (unpaired) electrons. The molecule has 2 aliphatic heterocycles. The van der Waals surface area contributed by atoms with Crippen LogP contribution in [0, 0.1) is 6.92 Å². The van der Waals surface area contributed by atoms with Crippen LogP contribution in [0.5, 0.6) is 0 Å². The number of amides is 1. The summed E-state index contributed by atoms with van der Waals surface area (Å²) in [5.74, 6) is 1.16. The maximum Gasteiger partial charge on any atom is 0.219 e. The number of benzene rings is 1. The Balaban J connectivity index is 0.00000182. The third-order valence-electron chi connectivity index (χ3n) is 4.50. The Kier molecular flexibility index (Phi) is 5.01. The monoisotopic (exact) mass is 376 g/mol. The van der Waals surface area contributed by atoms with Gasteiger partial charge in [0.25, 0.3) is 0 Å². The number of aliphatic imine (C=N–C) groups is 1. The largest absolute Gasteiger partial charge is 0.352 e. The minimum atomic E-state index is 0. The molecule has 0 atom stereocenters. The Labute approximate surface area is 157 Å². The lowest BCUT2D eigenvalue weighted by Crippen LogP contribution is -2.50. The fourth-order valence-electron chi connectivity index (χ4n) is 3.22. The van der Waals surface area contributed by atoms with E-state index in [-0.39, 0.29) is 18.3 Å². The number of amidine groups is 1. The van der Waals surface area contributed by atoms with Crippen LogP contribution in [0.3, 0.4) is 0 Å². The van der Waals surface area contributed by atoms with Crippen molar-refractivity contribution in [1.29, 1.82) is 0 Å². The van der Waals surface area contributed by atoms with Crippen LogP contribution in [0.15, 0.2) is 35.3 Å². The first kappa shape index (κ1) is 17.8. The number of aryl methyl sites for hydroxylation is 1. The minimum Gasteiger partial charge on any atom is -0.352 e. The molecule has 1 N–H and O–H groups in total. The molecule has 1 aromatic carbocycles. The molecule has 1 aromatic heterocycles. The summed E-state index contributed by atoms with van der Waals surface area (Å²) in [5.41, 5.74) is 3.16. The Morgan fingerprint density at radius 1 is 1.20 bits per heavy atom. The third-order valence-corrected chi connectivity index (χ3v) is 5.47. The zero-order chi connectivity index (χ0) is 16.7. The van der Waals surface area contributed by atoms with Gasteiger partial charge in [0.1, 0.15) is 10.8 Å². The Bertz CT molecular complexity index is 824. The molecule has 5 nitrogen and oxygen atoms in total. The normalized spacial score (nSPS) is 16.0. The number of nitrogens with one attached hydrogen (secondary N) is 1. The summed E-state index contributed by atoms with van der Waals surface area (Å²) in [6, 6.07) is 10.3. The second kappa shape index (κ2) is 7.06. The lowest BCUT2D eigenvalue weighted by atomic mass is 10.2. The fraction of sp³-hybridized carbons (Fsp3) is 0.333. The number of carbonyl (C=O) groups excluding carboxylic acids is 1. The number of fused-ring (bicyclic) bond motifs is 2. The zero-order valence-electron chi connectivity index (χ0n) is 14.3. The van der Waals surface area contributed by atoms with E-state index in [4.69, 9.17) is 4.99 Å². The van der Waals surface area contributed by atoms with Crippen LogP contribution in [0.25, 0.3) is 0 Å². The summed E-state index contributed by atoms with van der Waals surface area (Å²) in [4.78, 5) is 22.0. The fourth-order valence-corrected chi connectivity index (χ4v) is 4.14. The van der Waals surface area contributed by atoms with Gasteiger partial charge in [-0.2, -0.15) is 0 Å². The molecule has 0 bridgehead atoms. The SMILES string of the molecule is CC(=O)N1CCN(C2=Nc3ccccc3Nc3sc(C)cc32)CC1.Cl. The quantitative estimate of drug-likeness (QED) is 0.761. The van der Waals surface area contributed by atoms with Crippen LogP contribution < -0.4 is 5.32 Å². The molecule has 2 aliphatic rings. The van der Waals surface area contributed by atoms with Crippen molar-refractivity contribution in [1.82, 2.24) is 9.80 Å². The van der Waals surface area contributed by atoms with Crippen LogP contribution in [0.4, 0.5) is 16.4 Å².